The van der Waals surface area contributed by atoms with Crippen LogP contribution in [0.3, 0.4) is 0 Å². The molecule has 0 saturated carbocycles. The summed E-state index contributed by atoms with van der Waals surface area (Å²) in [6.07, 6.45) is 0.307. The summed E-state index contributed by atoms with van der Waals surface area (Å²) in [5.74, 6) is 1.54. The lowest BCUT2D eigenvalue weighted by Gasteiger charge is -2.20. The fraction of sp³-hybridized carbons (Fsp3) is 0.174. The third-order valence-corrected chi connectivity index (χ3v) is 4.76. The van der Waals surface area contributed by atoms with Gasteiger partial charge in [0.1, 0.15) is 11.5 Å². The highest BCUT2D eigenvalue weighted by molar-refractivity contribution is 6.30. The van der Waals surface area contributed by atoms with Gasteiger partial charge in [0.05, 0.1) is 20.3 Å². The number of ether oxygens (including phenoxy) is 2. The van der Waals surface area contributed by atoms with Gasteiger partial charge in [0.15, 0.2) is 5.78 Å². The lowest BCUT2D eigenvalue weighted by atomic mass is 9.97. The van der Waals surface area contributed by atoms with Crippen LogP contribution >= 0.6 is 11.6 Å². The molecule has 0 aliphatic heterocycles. The molecule has 3 aromatic carbocycles. The van der Waals surface area contributed by atoms with Crippen molar-refractivity contribution >= 4 is 23.1 Å². The van der Waals surface area contributed by atoms with Crippen LogP contribution in [-0.2, 0) is 0 Å². The molecule has 0 amide bonds. The van der Waals surface area contributed by atoms with E-state index in [1.54, 1.807) is 38.5 Å². The topological polar surface area (TPSA) is 47.6 Å². The first kappa shape index (κ1) is 19.8. The van der Waals surface area contributed by atoms with Crippen LogP contribution < -0.4 is 14.8 Å². The van der Waals surface area contributed by atoms with E-state index in [0.717, 1.165) is 22.7 Å². The minimum absolute atomic E-state index is 0.0462. The number of halogens is 1. The van der Waals surface area contributed by atoms with E-state index >= 15 is 0 Å². The quantitative estimate of drug-likeness (QED) is 0.491. The Bertz CT molecular complexity index is 906. The van der Waals surface area contributed by atoms with Crippen molar-refractivity contribution in [3.63, 3.8) is 0 Å². The Morgan fingerprint density at radius 3 is 1.93 bits per heavy atom. The molecule has 28 heavy (non-hydrogen) atoms. The number of methoxy groups -OCH3 is 2. The van der Waals surface area contributed by atoms with Gasteiger partial charge in [0.25, 0.3) is 0 Å². The van der Waals surface area contributed by atoms with Crippen LogP contribution in [0.2, 0.25) is 5.02 Å². The summed E-state index contributed by atoms with van der Waals surface area (Å²) in [5.41, 5.74) is 2.54. The molecule has 0 spiro atoms. The van der Waals surface area contributed by atoms with Crippen LogP contribution in [-0.4, -0.2) is 20.0 Å². The highest BCUT2D eigenvalue weighted by atomic mass is 35.5. The SMILES string of the molecule is COc1ccc(C(=O)CC(Nc2ccc(Cl)cc2)c2ccc(OC)cc2)cc1. The van der Waals surface area contributed by atoms with E-state index < -0.39 is 0 Å². The van der Waals surface area contributed by atoms with E-state index in [0.29, 0.717) is 17.0 Å². The van der Waals surface area contributed by atoms with E-state index in [1.807, 2.05) is 48.5 Å². The van der Waals surface area contributed by atoms with Gasteiger partial charge in [-0.25, -0.2) is 0 Å². The van der Waals surface area contributed by atoms with E-state index in [4.69, 9.17) is 21.1 Å². The number of nitrogens with one attached hydrogen (secondary N) is 1. The molecule has 1 N–H and O–H groups in total. The molecule has 0 radical (unpaired) electrons. The molecule has 0 saturated heterocycles. The third-order valence-electron chi connectivity index (χ3n) is 4.50. The first-order valence-corrected chi connectivity index (χ1v) is 9.30. The van der Waals surface area contributed by atoms with E-state index in [2.05, 4.69) is 5.32 Å². The second-order valence-electron chi connectivity index (χ2n) is 6.33. The van der Waals surface area contributed by atoms with Gasteiger partial charge < -0.3 is 14.8 Å². The van der Waals surface area contributed by atoms with Crippen LogP contribution in [0.15, 0.2) is 72.8 Å². The van der Waals surface area contributed by atoms with Crippen LogP contribution in [0.1, 0.15) is 28.4 Å². The predicted octanol–water partition coefficient (Wildman–Crippen LogP) is 5.78. The van der Waals surface area contributed by atoms with E-state index in [-0.39, 0.29) is 11.8 Å². The zero-order chi connectivity index (χ0) is 19.9. The zero-order valence-electron chi connectivity index (χ0n) is 15.8. The highest BCUT2D eigenvalue weighted by Gasteiger charge is 2.18. The molecule has 0 aliphatic rings. The molecule has 1 atom stereocenters. The molecular weight excluding hydrogens is 374 g/mol. The average Bonchev–Trinajstić information content (AvgIpc) is 2.75. The Morgan fingerprint density at radius 2 is 1.39 bits per heavy atom. The summed E-state index contributed by atoms with van der Waals surface area (Å²) in [7, 11) is 3.23. The fourth-order valence-electron chi connectivity index (χ4n) is 2.92. The summed E-state index contributed by atoms with van der Waals surface area (Å²) in [6.45, 7) is 0. The largest absolute Gasteiger partial charge is 0.497 e. The summed E-state index contributed by atoms with van der Waals surface area (Å²) in [4.78, 5) is 12.9. The van der Waals surface area contributed by atoms with Gasteiger partial charge in [0.2, 0.25) is 0 Å². The number of hydrogen-bond donors (Lipinski definition) is 1. The van der Waals surface area contributed by atoms with Crippen LogP contribution in [0.4, 0.5) is 5.69 Å². The van der Waals surface area contributed by atoms with E-state index in [9.17, 15) is 4.79 Å². The van der Waals surface area contributed by atoms with Crippen LogP contribution in [0, 0.1) is 0 Å². The van der Waals surface area contributed by atoms with Gasteiger partial charge in [-0.1, -0.05) is 23.7 Å². The lowest BCUT2D eigenvalue weighted by molar-refractivity contribution is 0.0976. The van der Waals surface area contributed by atoms with Crippen molar-refractivity contribution in [1.82, 2.24) is 0 Å². The second-order valence-corrected chi connectivity index (χ2v) is 6.77. The molecule has 0 aromatic heterocycles. The smallest absolute Gasteiger partial charge is 0.165 e. The molecule has 0 bridgehead atoms. The maximum atomic E-state index is 12.9. The van der Waals surface area contributed by atoms with Gasteiger partial charge in [-0.2, -0.15) is 0 Å². The molecule has 5 heteroatoms. The molecule has 3 aromatic rings. The first-order chi connectivity index (χ1) is 13.6. The van der Waals surface area contributed by atoms with Gasteiger partial charge in [-0.05, 0) is 66.2 Å². The van der Waals surface area contributed by atoms with Crippen molar-refractivity contribution in [2.24, 2.45) is 0 Å². The summed E-state index contributed by atoms with van der Waals surface area (Å²) in [6, 6.07) is 22.1. The van der Waals surface area contributed by atoms with Crippen molar-refractivity contribution in [3.8, 4) is 11.5 Å². The Hall–Kier alpha value is -2.98. The Labute approximate surface area is 170 Å². The van der Waals surface area contributed by atoms with E-state index in [1.165, 1.54) is 0 Å². The predicted molar refractivity (Wildman–Crippen MR) is 113 cm³/mol. The molecule has 0 fully saturated rings. The number of carbonyl (C=O) groups excluding carboxylic acids is 1. The molecule has 3 rings (SSSR count). The normalized spacial score (nSPS) is 11.5. The Balaban J connectivity index is 1.83. The standard InChI is InChI=1S/C23H22ClNO3/c1-27-20-11-3-16(4-12-20)22(25-19-9-7-18(24)8-10-19)15-23(26)17-5-13-21(28-2)14-6-17/h3-14,22,25H,15H2,1-2H3. The minimum atomic E-state index is -0.193. The van der Waals surface area contributed by atoms with Crippen LogP contribution in [0.25, 0.3) is 0 Å². The number of rotatable bonds is 8. The van der Waals surface area contributed by atoms with Crippen molar-refractivity contribution in [1.29, 1.82) is 0 Å². The van der Waals surface area contributed by atoms with Crippen molar-refractivity contribution in [2.75, 3.05) is 19.5 Å². The molecule has 0 heterocycles. The number of carbonyl (C=O) groups is 1. The Kier molecular flexibility index (Phi) is 6.56. The number of Topliss-reactive ketones (excluding diaryl/α,β-unsaturated/α-hetero) is 1. The first-order valence-electron chi connectivity index (χ1n) is 8.92. The minimum Gasteiger partial charge on any atom is -0.497 e. The zero-order valence-corrected chi connectivity index (χ0v) is 16.6. The summed E-state index contributed by atoms with van der Waals surface area (Å²) < 4.78 is 10.4. The lowest BCUT2D eigenvalue weighted by Crippen LogP contribution is -2.16. The van der Waals surface area contributed by atoms with Crippen LogP contribution in [0.5, 0.6) is 11.5 Å². The monoisotopic (exact) mass is 395 g/mol. The Morgan fingerprint density at radius 1 is 0.857 bits per heavy atom. The number of ketones is 1. The van der Waals surface area contributed by atoms with Crippen molar-refractivity contribution < 1.29 is 14.3 Å². The molecule has 4 nitrogen and oxygen atoms in total. The summed E-state index contributed by atoms with van der Waals surface area (Å²) in [5, 5.41) is 4.11. The maximum absolute atomic E-state index is 12.9. The highest BCUT2D eigenvalue weighted by Crippen LogP contribution is 2.27. The number of benzene rings is 3. The van der Waals surface area contributed by atoms with Crippen molar-refractivity contribution in [2.45, 2.75) is 12.5 Å². The molecule has 0 aliphatic carbocycles. The van der Waals surface area contributed by atoms with Crippen molar-refractivity contribution in [3.05, 3.63) is 88.9 Å². The third kappa shape index (κ3) is 5.05. The molecule has 144 valence electrons. The van der Waals surface area contributed by atoms with Gasteiger partial charge in [-0.3, -0.25) is 4.79 Å². The molecular formula is C23H22ClNO3. The average molecular weight is 396 g/mol. The fourth-order valence-corrected chi connectivity index (χ4v) is 3.04. The van der Waals surface area contributed by atoms with Gasteiger partial charge in [0, 0.05) is 22.7 Å². The summed E-state index contributed by atoms with van der Waals surface area (Å²) >= 11 is 5.98. The molecule has 1 unspecified atom stereocenters. The number of anilines is 1. The van der Waals surface area contributed by atoms with Gasteiger partial charge in [-0.15, -0.1) is 0 Å². The second kappa shape index (κ2) is 9.29. The number of hydrogen-bond acceptors (Lipinski definition) is 4. The maximum Gasteiger partial charge on any atom is 0.165 e. The van der Waals surface area contributed by atoms with Gasteiger partial charge >= 0.3 is 0 Å².